The van der Waals surface area contributed by atoms with E-state index in [0.717, 1.165) is 16.7 Å². The zero-order valence-corrected chi connectivity index (χ0v) is 18.0. The Labute approximate surface area is 192 Å². The molecular formula is C19H17F5N6O3S. The molecule has 2 fully saturated rings. The van der Waals surface area contributed by atoms with E-state index >= 15 is 0 Å². The van der Waals surface area contributed by atoms with Crippen molar-refractivity contribution < 1.29 is 36.3 Å². The van der Waals surface area contributed by atoms with Crippen LogP contribution in [-0.4, -0.2) is 61.6 Å². The van der Waals surface area contributed by atoms with Gasteiger partial charge in [0.15, 0.2) is 17.5 Å². The lowest BCUT2D eigenvalue weighted by Crippen LogP contribution is -2.62. The van der Waals surface area contributed by atoms with Gasteiger partial charge in [-0.15, -0.1) is 11.8 Å². The van der Waals surface area contributed by atoms with Crippen LogP contribution in [0.3, 0.4) is 0 Å². The number of carbonyl (C=O) groups is 3. The lowest BCUT2D eigenvalue weighted by molar-refractivity contribution is -0.159. The second-order valence-electron chi connectivity index (χ2n) is 7.99. The quantitative estimate of drug-likeness (QED) is 0.332. The van der Waals surface area contributed by atoms with Gasteiger partial charge < -0.3 is 15.5 Å². The molecule has 1 saturated carbocycles. The van der Waals surface area contributed by atoms with Gasteiger partial charge in [-0.05, 0) is 6.42 Å². The highest BCUT2D eigenvalue weighted by Crippen LogP contribution is 2.50. The number of halogens is 5. The topological polar surface area (TPSA) is 120 Å². The lowest BCUT2D eigenvalue weighted by atomic mass is 9.71. The number of anilines is 1. The zero-order valence-electron chi connectivity index (χ0n) is 17.2. The van der Waals surface area contributed by atoms with E-state index in [2.05, 4.69) is 26.0 Å². The number of rotatable bonds is 4. The number of amides is 3. The van der Waals surface area contributed by atoms with Gasteiger partial charge in [0, 0.05) is 37.2 Å². The number of hydrogen-bond acceptors (Lipinski definition) is 6. The maximum atomic E-state index is 13.6. The van der Waals surface area contributed by atoms with Crippen molar-refractivity contribution in [2.45, 2.75) is 36.0 Å². The van der Waals surface area contributed by atoms with Crippen LogP contribution in [0.2, 0.25) is 0 Å². The van der Waals surface area contributed by atoms with Crippen LogP contribution in [0.5, 0.6) is 0 Å². The van der Waals surface area contributed by atoms with Crippen molar-refractivity contribution in [3.05, 3.63) is 41.5 Å². The maximum absolute atomic E-state index is 13.6. The van der Waals surface area contributed by atoms with Gasteiger partial charge in [0.05, 0.1) is 22.9 Å². The normalized spacial score (nSPS) is 20.9. The Kier molecular flexibility index (Phi) is 6.22. The van der Waals surface area contributed by atoms with Crippen LogP contribution < -0.4 is 10.6 Å². The number of nitrogens with zero attached hydrogens (tertiary/aromatic N) is 3. The average molecular weight is 504 g/mol. The number of H-pyrrole nitrogens is 1. The summed E-state index contributed by atoms with van der Waals surface area (Å²) in [7, 11) is 0. The number of aromatic amines is 1. The predicted octanol–water partition coefficient (Wildman–Crippen LogP) is 1.89. The molecule has 0 unspecified atom stereocenters. The van der Waals surface area contributed by atoms with Crippen LogP contribution in [0.1, 0.15) is 25.0 Å². The number of aromatic nitrogens is 3. The fourth-order valence-electron chi connectivity index (χ4n) is 3.83. The van der Waals surface area contributed by atoms with Crippen molar-refractivity contribution in [3.63, 3.8) is 0 Å². The number of alkyl halides is 2. The highest BCUT2D eigenvalue weighted by Gasteiger charge is 2.60. The summed E-state index contributed by atoms with van der Waals surface area (Å²) in [5.41, 5.74) is -1.71. The van der Waals surface area contributed by atoms with Crippen LogP contribution in [0.15, 0.2) is 18.3 Å². The molecule has 2 heterocycles. The van der Waals surface area contributed by atoms with Crippen molar-refractivity contribution in [2.75, 3.05) is 17.7 Å². The summed E-state index contributed by atoms with van der Waals surface area (Å²) in [6.07, 6.45) is -0.159. The Balaban J connectivity index is 1.32. The molecule has 1 atom stereocenters. The van der Waals surface area contributed by atoms with E-state index in [-0.39, 0.29) is 30.2 Å². The van der Waals surface area contributed by atoms with Gasteiger partial charge in [0.2, 0.25) is 5.91 Å². The fourth-order valence-corrected chi connectivity index (χ4v) is 4.92. The molecule has 182 valence electrons. The van der Waals surface area contributed by atoms with Crippen LogP contribution in [0, 0.1) is 17.5 Å². The Morgan fingerprint density at radius 3 is 2.35 bits per heavy atom. The predicted molar refractivity (Wildman–Crippen MR) is 108 cm³/mol. The molecule has 3 N–H and O–H groups in total. The van der Waals surface area contributed by atoms with E-state index in [4.69, 9.17) is 0 Å². The van der Waals surface area contributed by atoms with E-state index in [9.17, 15) is 36.3 Å². The Morgan fingerprint density at radius 2 is 1.82 bits per heavy atom. The van der Waals surface area contributed by atoms with Crippen molar-refractivity contribution in [2.24, 2.45) is 0 Å². The van der Waals surface area contributed by atoms with Crippen LogP contribution >= 0.6 is 11.8 Å². The molecule has 0 spiro atoms. The van der Waals surface area contributed by atoms with Crippen molar-refractivity contribution in [1.29, 1.82) is 0 Å². The maximum Gasteiger partial charge on any atom is 0.312 e. The molecule has 2 aliphatic rings. The summed E-state index contributed by atoms with van der Waals surface area (Å²) in [6.45, 7) is -0.00337. The summed E-state index contributed by atoms with van der Waals surface area (Å²) in [5.74, 6) is -10.3. The lowest BCUT2D eigenvalue weighted by Gasteiger charge is -2.46. The van der Waals surface area contributed by atoms with Crippen molar-refractivity contribution in [1.82, 2.24) is 25.6 Å². The molecule has 34 heavy (non-hydrogen) atoms. The number of benzene rings is 1. The third kappa shape index (κ3) is 4.69. The van der Waals surface area contributed by atoms with Crippen LogP contribution in [0.4, 0.5) is 27.6 Å². The standard InChI is InChI=1S/C19H17F5N6O3S/c20-10-3-9(4-11(21)14(10)22)26-15(31)12-1-2-30(8-34-12)17(33)16(32)27-18(6-19(23,24)7-18)13-5-25-29-28-13/h3-5,12H,1-2,6-8H2,(H,26,31)(H,27,32)(H,25,28,29)/t12-/m1/s1. The summed E-state index contributed by atoms with van der Waals surface area (Å²) in [6, 6.07) is 1.28. The second-order valence-corrected chi connectivity index (χ2v) is 9.15. The molecule has 3 amide bonds. The molecule has 15 heteroatoms. The summed E-state index contributed by atoms with van der Waals surface area (Å²) in [5, 5.41) is 13.5. The van der Waals surface area contributed by atoms with Crippen LogP contribution in [-0.2, 0) is 19.9 Å². The summed E-state index contributed by atoms with van der Waals surface area (Å²) < 4.78 is 66.8. The molecule has 1 saturated heterocycles. The van der Waals surface area contributed by atoms with E-state index in [0.29, 0.717) is 12.1 Å². The number of hydrogen-bond donors (Lipinski definition) is 3. The van der Waals surface area contributed by atoms with Crippen molar-refractivity contribution >= 4 is 35.2 Å². The third-order valence-corrected chi connectivity index (χ3v) is 6.81. The van der Waals surface area contributed by atoms with E-state index in [1.165, 1.54) is 6.20 Å². The molecule has 1 aromatic carbocycles. The van der Waals surface area contributed by atoms with Crippen molar-refractivity contribution in [3.8, 4) is 0 Å². The molecule has 2 aromatic rings. The molecule has 1 aromatic heterocycles. The minimum atomic E-state index is -3.02. The highest BCUT2D eigenvalue weighted by molar-refractivity contribution is 8.00. The Morgan fingerprint density at radius 1 is 1.15 bits per heavy atom. The molecule has 0 bridgehead atoms. The van der Waals surface area contributed by atoms with E-state index in [1.54, 1.807) is 0 Å². The minimum absolute atomic E-state index is 0.00337. The fraction of sp³-hybridized carbons (Fsp3) is 0.421. The molecular weight excluding hydrogens is 487 g/mol. The zero-order chi connectivity index (χ0) is 24.7. The smallest absolute Gasteiger partial charge is 0.312 e. The first kappa shape index (κ1) is 23.9. The van der Waals surface area contributed by atoms with Crippen LogP contribution in [0.25, 0.3) is 0 Å². The molecule has 4 rings (SSSR count). The number of carbonyl (C=O) groups excluding carboxylic acids is 3. The second kappa shape index (κ2) is 8.85. The molecule has 0 radical (unpaired) electrons. The summed E-state index contributed by atoms with van der Waals surface area (Å²) >= 11 is 0.995. The highest BCUT2D eigenvalue weighted by atomic mass is 32.2. The van der Waals surface area contributed by atoms with Gasteiger partial charge in [0.1, 0.15) is 5.69 Å². The van der Waals surface area contributed by atoms with Gasteiger partial charge >= 0.3 is 11.8 Å². The Bertz CT molecular complexity index is 1090. The van der Waals surface area contributed by atoms with E-state index < -0.39 is 64.7 Å². The first-order chi connectivity index (χ1) is 16.0. The SMILES string of the molecule is O=C(NC1(c2cn[nH]n2)CC(F)(F)C1)C(=O)N1CC[C@H](C(=O)Nc2cc(F)c(F)c(F)c2)SC1. The van der Waals surface area contributed by atoms with Gasteiger partial charge in [-0.25, -0.2) is 22.0 Å². The molecule has 1 aliphatic heterocycles. The largest absolute Gasteiger partial charge is 0.336 e. The van der Waals surface area contributed by atoms with E-state index in [1.807, 2.05) is 0 Å². The monoisotopic (exact) mass is 504 g/mol. The minimum Gasteiger partial charge on any atom is -0.336 e. The Hall–Kier alpha value is -3.23. The van der Waals surface area contributed by atoms with Gasteiger partial charge in [-0.2, -0.15) is 15.4 Å². The van der Waals surface area contributed by atoms with Gasteiger partial charge in [-0.1, -0.05) is 0 Å². The summed E-state index contributed by atoms with van der Waals surface area (Å²) in [4.78, 5) is 38.6. The van der Waals surface area contributed by atoms with Gasteiger partial charge in [0.25, 0.3) is 5.92 Å². The molecule has 9 nitrogen and oxygen atoms in total. The first-order valence-electron chi connectivity index (χ1n) is 9.92. The third-order valence-electron chi connectivity index (χ3n) is 5.50. The number of thioether (sulfide) groups is 1. The first-order valence-corrected chi connectivity index (χ1v) is 11.0. The molecule has 1 aliphatic carbocycles. The average Bonchev–Trinajstić information content (AvgIpc) is 3.31. The van der Waals surface area contributed by atoms with Gasteiger partial charge in [-0.3, -0.25) is 14.4 Å². The number of nitrogens with one attached hydrogen (secondary N) is 3.